The van der Waals surface area contributed by atoms with Gasteiger partial charge in [-0.1, -0.05) is 55.1 Å². The van der Waals surface area contributed by atoms with Gasteiger partial charge in [0.25, 0.3) is 0 Å². The number of nitrogens with zero attached hydrogens (tertiary/aromatic N) is 8. The fourth-order valence-corrected chi connectivity index (χ4v) is 4.40. The number of fused-ring (bicyclic) bond motifs is 3. The van der Waals surface area contributed by atoms with Gasteiger partial charge in [0.15, 0.2) is 11.5 Å². The van der Waals surface area contributed by atoms with Crippen molar-refractivity contribution in [2.75, 3.05) is 0 Å². The molecule has 0 spiro atoms. The van der Waals surface area contributed by atoms with Crippen molar-refractivity contribution in [3.8, 4) is 5.69 Å². The molecule has 0 bridgehead atoms. The summed E-state index contributed by atoms with van der Waals surface area (Å²) in [5.74, 6) is 0.740. The molecule has 0 saturated heterocycles. The number of hydrogen-bond donors (Lipinski definition) is 0. The molecule has 2 aromatic carbocycles. The Morgan fingerprint density at radius 2 is 1.77 bits per heavy atom. The number of hydrogen-bond acceptors (Lipinski definition) is 7. The zero-order valence-corrected chi connectivity index (χ0v) is 17.5. The highest BCUT2D eigenvalue weighted by atomic mass is 32.2. The van der Waals surface area contributed by atoms with Crippen LogP contribution in [0.1, 0.15) is 31.3 Å². The highest BCUT2D eigenvalue weighted by Crippen LogP contribution is 2.33. The van der Waals surface area contributed by atoms with E-state index in [-0.39, 0.29) is 5.25 Å². The van der Waals surface area contributed by atoms with E-state index < -0.39 is 0 Å². The van der Waals surface area contributed by atoms with Gasteiger partial charge in [-0.15, -0.1) is 15.3 Å². The van der Waals surface area contributed by atoms with Crippen LogP contribution in [0.2, 0.25) is 0 Å². The molecule has 0 aliphatic rings. The maximum atomic E-state index is 4.86. The molecule has 1 unspecified atom stereocenters. The van der Waals surface area contributed by atoms with Crippen LogP contribution in [0.15, 0.2) is 59.8 Å². The fourth-order valence-electron chi connectivity index (χ4n) is 3.60. The highest BCUT2D eigenvalue weighted by Gasteiger charge is 2.20. The van der Waals surface area contributed by atoms with Gasteiger partial charge in [0.2, 0.25) is 5.16 Å². The summed E-state index contributed by atoms with van der Waals surface area (Å²) in [4.78, 5) is 4.86. The van der Waals surface area contributed by atoms with Gasteiger partial charge in [-0.25, -0.2) is 4.98 Å². The maximum Gasteiger partial charge on any atom is 0.211 e. The van der Waals surface area contributed by atoms with E-state index in [1.54, 1.807) is 4.68 Å². The van der Waals surface area contributed by atoms with Gasteiger partial charge >= 0.3 is 0 Å². The van der Waals surface area contributed by atoms with Crippen molar-refractivity contribution in [1.82, 2.24) is 40.0 Å². The Kier molecular flexibility index (Phi) is 4.88. The molecule has 5 aromatic rings. The molecule has 0 N–H and O–H groups in total. The second kappa shape index (κ2) is 7.83. The minimum Gasteiger partial charge on any atom is -0.324 e. The molecule has 8 nitrogen and oxygen atoms in total. The molecule has 3 aromatic heterocycles. The Labute approximate surface area is 177 Å². The van der Waals surface area contributed by atoms with E-state index in [0.717, 1.165) is 46.5 Å². The molecule has 5 rings (SSSR count). The average molecular weight is 417 g/mol. The number of tetrazole rings is 1. The molecule has 150 valence electrons. The van der Waals surface area contributed by atoms with Crippen LogP contribution in [0, 0.1) is 0 Å². The summed E-state index contributed by atoms with van der Waals surface area (Å²) in [6, 6.07) is 18.1. The van der Waals surface area contributed by atoms with E-state index in [1.807, 2.05) is 49.4 Å². The fraction of sp³-hybridized carbons (Fsp3) is 0.238. The number of thioether (sulfide) groups is 1. The number of benzene rings is 2. The number of aromatic nitrogens is 8. The van der Waals surface area contributed by atoms with E-state index in [2.05, 4.69) is 49.3 Å². The summed E-state index contributed by atoms with van der Waals surface area (Å²) in [6.07, 6.45) is 1.02. The molecule has 0 fully saturated rings. The second-order valence-electron chi connectivity index (χ2n) is 6.98. The Morgan fingerprint density at radius 3 is 2.60 bits per heavy atom. The summed E-state index contributed by atoms with van der Waals surface area (Å²) in [7, 11) is 0. The van der Waals surface area contributed by atoms with Gasteiger partial charge in [0.1, 0.15) is 5.52 Å². The van der Waals surface area contributed by atoms with Crippen molar-refractivity contribution < 1.29 is 0 Å². The van der Waals surface area contributed by atoms with Crippen LogP contribution < -0.4 is 0 Å². The van der Waals surface area contributed by atoms with Crippen molar-refractivity contribution >= 4 is 33.8 Å². The first-order valence-corrected chi connectivity index (χ1v) is 10.8. The van der Waals surface area contributed by atoms with E-state index in [0.29, 0.717) is 5.16 Å². The van der Waals surface area contributed by atoms with Crippen LogP contribution in [0.25, 0.3) is 27.8 Å². The third-order valence-corrected chi connectivity index (χ3v) is 5.89. The Morgan fingerprint density at radius 1 is 0.967 bits per heavy atom. The molecule has 0 radical (unpaired) electrons. The van der Waals surface area contributed by atoms with Crippen molar-refractivity contribution in [1.29, 1.82) is 0 Å². The third-order valence-electron chi connectivity index (χ3n) is 4.94. The van der Waals surface area contributed by atoms with Crippen LogP contribution in [-0.4, -0.2) is 40.0 Å². The van der Waals surface area contributed by atoms with Gasteiger partial charge < -0.3 is 4.57 Å². The molecule has 3 heterocycles. The minimum atomic E-state index is -0.0524. The second-order valence-corrected chi connectivity index (χ2v) is 8.29. The largest absolute Gasteiger partial charge is 0.324 e. The van der Waals surface area contributed by atoms with E-state index in [9.17, 15) is 0 Å². The monoisotopic (exact) mass is 416 g/mol. The third kappa shape index (κ3) is 3.21. The SMILES string of the molecule is CCCn1c2ccccc2c2nnc(SC(C)c3nnnn3-c3ccccc3)nc21. The lowest BCUT2D eigenvalue weighted by Gasteiger charge is -2.10. The standard InChI is InChI=1S/C21H20N8S/c1-3-13-28-17-12-8-7-11-16(17)18-20(28)22-21(25-23-18)30-14(2)19-24-26-27-29(19)15-9-5-4-6-10-15/h4-12,14H,3,13H2,1-2H3. The molecule has 0 aliphatic heterocycles. The van der Waals surface area contributed by atoms with Crippen molar-refractivity contribution in [2.24, 2.45) is 0 Å². The van der Waals surface area contributed by atoms with Crippen LogP contribution in [0.3, 0.4) is 0 Å². The van der Waals surface area contributed by atoms with Gasteiger partial charge in [-0.3, -0.25) is 0 Å². The van der Waals surface area contributed by atoms with Crippen LogP contribution in [0.5, 0.6) is 0 Å². The summed E-state index contributed by atoms with van der Waals surface area (Å²) in [5.41, 5.74) is 3.76. The Bertz CT molecular complexity index is 1310. The molecule has 0 amide bonds. The predicted octanol–water partition coefficient (Wildman–Crippen LogP) is 4.22. The lowest BCUT2D eigenvalue weighted by molar-refractivity contribution is 0.708. The number of para-hydroxylation sites is 2. The smallest absolute Gasteiger partial charge is 0.211 e. The van der Waals surface area contributed by atoms with Crippen molar-refractivity contribution in [2.45, 2.75) is 37.2 Å². The zero-order valence-electron chi connectivity index (χ0n) is 16.7. The molecule has 30 heavy (non-hydrogen) atoms. The molecular weight excluding hydrogens is 396 g/mol. The maximum absolute atomic E-state index is 4.86. The molecule has 1 atom stereocenters. The first-order chi connectivity index (χ1) is 14.8. The summed E-state index contributed by atoms with van der Waals surface area (Å²) in [6.45, 7) is 5.09. The van der Waals surface area contributed by atoms with Gasteiger partial charge in [0.05, 0.1) is 16.5 Å². The lowest BCUT2D eigenvalue weighted by atomic mass is 10.2. The summed E-state index contributed by atoms with van der Waals surface area (Å²) < 4.78 is 3.97. The predicted molar refractivity (Wildman–Crippen MR) is 117 cm³/mol. The molecular formula is C21H20N8S. The Hall–Kier alpha value is -3.33. The number of aryl methyl sites for hydroxylation is 1. The van der Waals surface area contributed by atoms with Crippen molar-refractivity contribution in [3.63, 3.8) is 0 Å². The Balaban J connectivity index is 1.51. The average Bonchev–Trinajstić information content (AvgIpc) is 3.39. The zero-order chi connectivity index (χ0) is 20.5. The summed E-state index contributed by atoms with van der Waals surface area (Å²) >= 11 is 1.50. The van der Waals surface area contributed by atoms with Crippen LogP contribution >= 0.6 is 11.8 Å². The lowest BCUT2D eigenvalue weighted by Crippen LogP contribution is -2.06. The normalized spacial score (nSPS) is 12.6. The van der Waals surface area contributed by atoms with Crippen LogP contribution in [-0.2, 0) is 6.54 Å². The number of rotatable bonds is 6. The van der Waals surface area contributed by atoms with E-state index in [4.69, 9.17) is 4.98 Å². The van der Waals surface area contributed by atoms with Crippen LogP contribution in [0.4, 0.5) is 0 Å². The molecule has 0 saturated carbocycles. The minimum absolute atomic E-state index is 0.0524. The molecule has 9 heteroatoms. The summed E-state index contributed by atoms with van der Waals surface area (Å²) in [5, 5.41) is 22.8. The van der Waals surface area contributed by atoms with E-state index >= 15 is 0 Å². The van der Waals surface area contributed by atoms with Gasteiger partial charge in [-0.05, 0) is 42.0 Å². The highest BCUT2D eigenvalue weighted by molar-refractivity contribution is 7.99. The molecule has 0 aliphatic carbocycles. The van der Waals surface area contributed by atoms with E-state index in [1.165, 1.54) is 11.8 Å². The van der Waals surface area contributed by atoms with Crippen molar-refractivity contribution in [3.05, 3.63) is 60.4 Å². The van der Waals surface area contributed by atoms with Gasteiger partial charge in [0, 0.05) is 11.9 Å². The topological polar surface area (TPSA) is 87.2 Å². The quantitative estimate of drug-likeness (QED) is 0.383. The van der Waals surface area contributed by atoms with Gasteiger partial charge in [-0.2, -0.15) is 4.68 Å². The first kappa shape index (κ1) is 18.7. The first-order valence-electron chi connectivity index (χ1n) is 9.88.